The summed E-state index contributed by atoms with van der Waals surface area (Å²) < 4.78 is 43.5. The lowest BCUT2D eigenvalue weighted by atomic mass is 10.0. The van der Waals surface area contributed by atoms with Gasteiger partial charge < -0.3 is 10.2 Å². The molecule has 0 bridgehead atoms. The highest BCUT2D eigenvalue weighted by Crippen LogP contribution is 2.33. The van der Waals surface area contributed by atoms with E-state index in [1.807, 2.05) is 0 Å². The first kappa shape index (κ1) is 13.2. The number of halogens is 4. The molecule has 0 spiro atoms. The number of furan rings is 1. The third-order valence-electron chi connectivity index (χ3n) is 2.50. The Balaban J connectivity index is 2.38. The van der Waals surface area contributed by atoms with E-state index in [1.165, 1.54) is 18.4 Å². The van der Waals surface area contributed by atoms with Gasteiger partial charge in [0.15, 0.2) is 0 Å². The quantitative estimate of drug-likeness (QED) is 0.904. The van der Waals surface area contributed by atoms with Gasteiger partial charge in [-0.2, -0.15) is 13.2 Å². The Morgan fingerprint density at radius 2 is 1.94 bits per heavy atom. The summed E-state index contributed by atoms with van der Waals surface area (Å²) in [6.45, 7) is 0. The maximum absolute atomic E-state index is 12.6. The number of nitrogens with two attached hydrogens (primary N) is 1. The molecule has 0 fully saturated rings. The van der Waals surface area contributed by atoms with Gasteiger partial charge in [0.1, 0.15) is 5.76 Å². The van der Waals surface area contributed by atoms with Crippen molar-refractivity contribution in [1.29, 1.82) is 0 Å². The Morgan fingerprint density at radius 3 is 2.50 bits per heavy atom. The summed E-state index contributed by atoms with van der Waals surface area (Å²) in [6.07, 6.45) is -2.96. The number of rotatable bonds is 2. The van der Waals surface area contributed by atoms with Crippen LogP contribution >= 0.6 is 15.9 Å². The fourth-order valence-corrected chi connectivity index (χ4v) is 2.04. The number of hydrogen-bond acceptors (Lipinski definition) is 2. The third kappa shape index (κ3) is 2.59. The lowest BCUT2D eigenvalue weighted by Gasteiger charge is -2.13. The Labute approximate surface area is 110 Å². The summed E-state index contributed by atoms with van der Waals surface area (Å²) in [4.78, 5) is 0. The Bertz CT molecular complexity index is 550. The maximum Gasteiger partial charge on any atom is 0.416 e. The van der Waals surface area contributed by atoms with Crippen LogP contribution in [0, 0.1) is 0 Å². The highest BCUT2D eigenvalue weighted by molar-refractivity contribution is 9.10. The van der Waals surface area contributed by atoms with E-state index >= 15 is 0 Å². The number of benzene rings is 1. The molecule has 0 saturated carbocycles. The zero-order valence-electron chi connectivity index (χ0n) is 9.04. The zero-order valence-corrected chi connectivity index (χ0v) is 10.6. The SMILES string of the molecule is NC(c1cccc(C(F)(F)F)c1)c1occc1Br. The van der Waals surface area contributed by atoms with Gasteiger partial charge in [0.05, 0.1) is 22.3 Å². The zero-order chi connectivity index (χ0) is 13.3. The molecule has 2 rings (SSSR count). The molecule has 96 valence electrons. The molecule has 1 heterocycles. The maximum atomic E-state index is 12.6. The van der Waals surface area contributed by atoms with Crippen molar-refractivity contribution >= 4 is 15.9 Å². The van der Waals surface area contributed by atoms with Crippen LogP contribution in [0.15, 0.2) is 45.5 Å². The Kier molecular flexibility index (Phi) is 3.49. The molecule has 6 heteroatoms. The molecule has 0 saturated heterocycles. The van der Waals surface area contributed by atoms with E-state index < -0.39 is 17.8 Å². The van der Waals surface area contributed by atoms with E-state index in [1.54, 1.807) is 6.07 Å². The van der Waals surface area contributed by atoms with Crippen LogP contribution in [0.4, 0.5) is 13.2 Å². The van der Waals surface area contributed by atoms with Gasteiger partial charge in [-0.25, -0.2) is 0 Å². The van der Waals surface area contributed by atoms with Gasteiger partial charge >= 0.3 is 6.18 Å². The van der Waals surface area contributed by atoms with Crippen molar-refractivity contribution in [3.05, 3.63) is 58.0 Å². The van der Waals surface area contributed by atoms with E-state index in [0.717, 1.165) is 12.1 Å². The van der Waals surface area contributed by atoms with Crippen LogP contribution in [0.2, 0.25) is 0 Å². The molecule has 1 atom stereocenters. The van der Waals surface area contributed by atoms with Gasteiger partial charge in [0.2, 0.25) is 0 Å². The first-order valence-electron chi connectivity index (χ1n) is 5.05. The van der Waals surface area contributed by atoms with Gasteiger partial charge in [-0.1, -0.05) is 12.1 Å². The second-order valence-electron chi connectivity index (χ2n) is 3.73. The molecule has 2 N–H and O–H groups in total. The minimum Gasteiger partial charge on any atom is -0.466 e. The van der Waals surface area contributed by atoms with Crippen LogP contribution in [0.3, 0.4) is 0 Å². The summed E-state index contributed by atoms with van der Waals surface area (Å²) in [7, 11) is 0. The predicted octanol–water partition coefficient (Wildman–Crippen LogP) is 4.11. The molecule has 0 aliphatic heterocycles. The van der Waals surface area contributed by atoms with E-state index in [0.29, 0.717) is 15.8 Å². The van der Waals surface area contributed by atoms with Crippen LogP contribution in [0.1, 0.15) is 22.9 Å². The van der Waals surface area contributed by atoms with Crippen molar-refractivity contribution < 1.29 is 17.6 Å². The molecular formula is C12H9BrF3NO. The van der Waals surface area contributed by atoms with Crippen molar-refractivity contribution in [2.75, 3.05) is 0 Å². The molecular weight excluding hydrogens is 311 g/mol. The van der Waals surface area contributed by atoms with Crippen LogP contribution in [-0.4, -0.2) is 0 Å². The fourth-order valence-electron chi connectivity index (χ4n) is 1.59. The summed E-state index contributed by atoms with van der Waals surface area (Å²) in [5.41, 5.74) is 5.51. The highest BCUT2D eigenvalue weighted by Gasteiger charge is 2.31. The van der Waals surface area contributed by atoms with E-state index in [-0.39, 0.29) is 0 Å². The number of alkyl halides is 3. The van der Waals surface area contributed by atoms with Gasteiger partial charge in [0.25, 0.3) is 0 Å². The van der Waals surface area contributed by atoms with Gasteiger partial charge in [-0.3, -0.25) is 0 Å². The lowest BCUT2D eigenvalue weighted by molar-refractivity contribution is -0.137. The molecule has 0 aliphatic carbocycles. The smallest absolute Gasteiger partial charge is 0.416 e. The molecule has 0 aliphatic rings. The molecule has 1 aromatic carbocycles. The molecule has 1 aromatic heterocycles. The minimum atomic E-state index is -4.38. The van der Waals surface area contributed by atoms with Gasteiger partial charge in [-0.15, -0.1) is 0 Å². The predicted molar refractivity (Wildman–Crippen MR) is 63.9 cm³/mol. The summed E-state index contributed by atoms with van der Waals surface area (Å²) in [5, 5.41) is 0. The molecule has 0 radical (unpaired) electrons. The molecule has 1 unspecified atom stereocenters. The summed E-state index contributed by atoms with van der Waals surface area (Å²) >= 11 is 3.23. The van der Waals surface area contributed by atoms with Crippen LogP contribution < -0.4 is 5.73 Å². The fraction of sp³-hybridized carbons (Fsp3) is 0.167. The Morgan fingerprint density at radius 1 is 1.22 bits per heavy atom. The minimum absolute atomic E-state index is 0.348. The summed E-state index contributed by atoms with van der Waals surface area (Å²) in [5.74, 6) is 0.398. The van der Waals surface area contributed by atoms with Crippen molar-refractivity contribution in [2.24, 2.45) is 5.73 Å². The second-order valence-corrected chi connectivity index (χ2v) is 4.59. The van der Waals surface area contributed by atoms with Gasteiger partial charge in [0, 0.05) is 0 Å². The van der Waals surface area contributed by atoms with Crippen LogP contribution in [-0.2, 0) is 6.18 Å². The topological polar surface area (TPSA) is 39.2 Å². The number of hydrogen-bond donors (Lipinski definition) is 1. The van der Waals surface area contributed by atoms with Crippen molar-refractivity contribution in [3.8, 4) is 0 Å². The van der Waals surface area contributed by atoms with E-state index in [2.05, 4.69) is 15.9 Å². The van der Waals surface area contributed by atoms with E-state index in [9.17, 15) is 13.2 Å². The van der Waals surface area contributed by atoms with Crippen LogP contribution in [0.5, 0.6) is 0 Å². The first-order chi connectivity index (χ1) is 8.39. The first-order valence-corrected chi connectivity index (χ1v) is 5.84. The second kappa shape index (κ2) is 4.78. The molecule has 0 amide bonds. The van der Waals surface area contributed by atoms with Crippen molar-refractivity contribution in [2.45, 2.75) is 12.2 Å². The van der Waals surface area contributed by atoms with Crippen molar-refractivity contribution in [1.82, 2.24) is 0 Å². The average molecular weight is 320 g/mol. The standard InChI is InChI=1S/C12H9BrF3NO/c13-9-4-5-18-11(9)10(17)7-2-1-3-8(6-7)12(14,15)16/h1-6,10H,17H2. The monoisotopic (exact) mass is 319 g/mol. The largest absolute Gasteiger partial charge is 0.466 e. The molecule has 2 aromatic rings. The van der Waals surface area contributed by atoms with Crippen LogP contribution in [0.25, 0.3) is 0 Å². The van der Waals surface area contributed by atoms with Crippen molar-refractivity contribution in [3.63, 3.8) is 0 Å². The van der Waals surface area contributed by atoms with E-state index in [4.69, 9.17) is 10.2 Å². The normalized spacial score (nSPS) is 13.6. The Hall–Kier alpha value is -1.27. The molecule has 2 nitrogen and oxygen atoms in total. The third-order valence-corrected chi connectivity index (χ3v) is 3.16. The lowest BCUT2D eigenvalue weighted by Crippen LogP contribution is -2.13. The molecule has 18 heavy (non-hydrogen) atoms. The summed E-state index contributed by atoms with van der Waals surface area (Å²) in [6, 6.07) is 5.80. The highest BCUT2D eigenvalue weighted by atomic mass is 79.9. The van der Waals surface area contributed by atoms with Gasteiger partial charge in [-0.05, 0) is 39.7 Å². The average Bonchev–Trinajstić information content (AvgIpc) is 2.73.